The van der Waals surface area contributed by atoms with Crippen molar-refractivity contribution >= 4 is 23.0 Å². The largest absolute Gasteiger partial charge is 0.416 e. The van der Waals surface area contributed by atoms with Crippen LogP contribution in [-0.2, 0) is 23.8 Å². The zero-order valence-electron chi connectivity index (χ0n) is 13.9. The van der Waals surface area contributed by atoms with Gasteiger partial charge < -0.3 is 0 Å². The van der Waals surface area contributed by atoms with Gasteiger partial charge in [0.2, 0.25) is 5.91 Å². The van der Waals surface area contributed by atoms with Crippen LogP contribution in [0.2, 0.25) is 0 Å². The lowest BCUT2D eigenvalue weighted by Gasteiger charge is -2.08. The first-order valence-electron chi connectivity index (χ1n) is 7.63. The van der Waals surface area contributed by atoms with E-state index in [0.717, 1.165) is 17.8 Å². The molecule has 0 aliphatic heterocycles. The van der Waals surface area contributed by atoms with Crippen molar-refractivity contribution in [3.8, 4) is 0 Å². The molecule has 0 aliphatic rings. The predicted octanol–water partition coefficient (Wildman–Crippen LogP) is 4.14. The number of nitrogens with one attached hydrogen (secondary N) is 1. The van der Waals surface area contributed by atoms with Gasteiger partial charge in [-0.25, -0.2) is 10.4 Å². The molecule has 1 aromatic heterocycles. The number of hydrazone groups is 1. The Morgan fingerprint density at radius 1 is 1.36 bits per heavy atom. The van der Waals surface area contributed by atoms with Crippen LogP contribution in [0.1, 0.15) is 35.2 Å². The van der Waals surface area contributed by atoms with Crippen LogP contribution in [0.3, 0.4) is 0 Å². The first kappa shape index (κ1) is 19.1. The second kappa shape index (κ2) is 8.24. The normalized spacial score (nSPS) is 12.3. The predicted molar refractivity (Wildman–Crippen MR) is 91.6 cm³/mol. The Hall–Kier alpha value is -2.22. The summed E-state index contributed by atoms with van der Waals surface area (Å²) >= 11 is 1.41. The molecule has 25 heavy (non-hydrogen) atoms. The third kappa shape index (κ3) is 6.30. The van der Waals surface area contributed by atoms with Crippen molar-refractivity contribution < 1.29 is 18.0 Å². The zero-order chi connectivity index (χ0) is 18.4. The lowest BCUT2D eigenvalue weighted by molar-refractivity contribution is -0.137. The van der Waals surface area contributed by atoms with Crippen LogP contribution in [0.4, 0.5) is 13.2 Å². The number of thiazole rings is 1. The molecule has 0 radical (unpaired) electrons. The molecule has 0 spiro atoms. The van der Waals surface area contributed by atoms with Gasteiger partial charge in [-0.1, -0.05) is 18.2 Å². The van der Waals surface area contributed by atoms with Crippen LogP contribution in [0.5, 0.6) is 0 Å². The van der Waals surface area contributed by atoms with Crippen molar-refractivity contribution in [2.75, 3.05) is 0 Å². The van der Waals surface area contributed by atoms with Crippen molar-refractivity contribution in [3.05, 3.63) is 51.5 Å². The smallest absolute Gasteiger partial charge is 0.273 e. The molecule has 0 aliphatic carbocycles. The van der Waals surface area contributed by atoms with Crippen LogP contribution in [0, 0.1) is 6.92 Å². The van der Waals surface area contributed by atoms with Crippen LogP contribution in [0.25, 0.3) is 0 Å². The van der Waals surface area contributed by atoms with E-state index in [2.05, 4.69) is 15.5 Å². The molecular weight excluding hydrogens is 351 g/mol. The first-order valence-corrected chi connectivity index (χ1v) is 8.51. The lowest BCUT2D eigenvalue weighted by atomic mass is 10.0. The van der Waals surface area contributed by atoms with Gasteiger partial charge >= 0.3 is 6.18 Å². The van der Waals surface area contributed by atoms with E-state index >= 15 is 0 Å². The van der Waals surface area contributed by atoms with Crippen LogP contribution < -0.4 is 5.43 Å². The molecular formula is C17H18F3N3OS. The van der Waals surface area contributed by atoms with E-state index < -0.39 is 11.7 Å². The summed E-state index contributed by atoms with van der Waals surface area (Å²) in [5.74, 6) is -0.271. The molecule has 1 amide bonds. The van der Waals surface area contributed by atoms with Crippen molar-refractivity contribution in [2.24, 2.45) is 5.10 Å². The summed E-state index contributed by atoms with van der Waals surface area (Å²) in [5, 5.41) is 6.57. The fraction of sp³-hybridized carbons (Fsp3) is 0.353. The number of rotatable bonds is 6. The minimum absolute atomic E-state index is 0.156. The second-order valence-electron chi connectivity index (χ2n) is 5.64. The molecule has 2 rings (SSSR count). The van der Waals surface area contributed by atoms with Gasteiger partial charge in [-0.05, 0) is 38.3 Å². The van der Waals surface area contributed by atoms with Gasteiger partial charge in [0.25, 0.3) is 0 Å². The maximum absolute atomic E-state index is 12.7. The van der Waals surface area contributed by atoms with E-state index in [9.17, 15) is 18.0 Å². The number of amides is 1. The maximum atomic E-state index is 12.7. The van der Waals surface area contributed by atoms with E-state index in [1.165, 1.54) is 17.4 Å². The topological polar surface area (TPSA) is 54.4 Å². The van der Waals surface area contributed by atoms with Crippen molar-refractivity contribution in [1.82, 2.24) is 10.4 Å². The Labute approximate surface area is 147 Å². The Kier molecular flexibility index (Phi) is 6.30. The summed E-state index contributed by atoms with van der Waals surface area (Å²) in [4.78, 5) is 16.0. The minimum Gasteiger partial charge on any atom is -0.273 e. The summed E-state index contributed by atoms with van der Waals surface area (Å²) in [6, 6.07) is 5.22. The molecule has 0 atom stereocenters. The van der Waals surface area contributed by atoms with Gasteiger partial charge in [0.05, 0.1) is 12.0 Å². The highest BCUT2D eigenvalue weighted by Crippen LogP contribution is 2.29. The molecule has 8 heteroatoms. The number of aryl methyl sites for hydroxylation is 2. The monoisotopic (exact) mass is 369 g/mol. The van der Waals surface area contributed by atoms with Gasteiger partial charge in [-0.3, -0.25) is 4.79 Å². The Bertz CT molecular complexity index is 768. The second-order valence-corrected chi connectivity index (χ2v) is 6.58. The molecule has 0 bridgehead atoms. The maximum Gasteiger partial charge on any atom is 0.416 e. The van der Waals surface area contributed by atoms with Crippen LogP contribution in [0.15, 0.2) is 34.7 Å². The molecule has 1 N–H and O–H groups in total. The van der Waals surface area contributed by atoms with E-state index in [1.54, 1.807) is 13.0 Å². The lowest BCUT2D eigenvalue weighted by Crippen LogP contribution is -2.21. The Morgan fingerprint density at radius 3 is 2.76 bits per heavy atom. The van der Waals surface area contributed by atoms with Crippen molar-refractivity contribution in [3.63, 3.8) is 0 Å². The van der Waals surface area contributed by atoms with E-state index in [0.29, 0.717) is 29.1 Å². The van der Waals surface area contributed by atoms with Crippen LogP contribution >= 0.6 is 11.3 Å². The number of nitrogens with zero attached hydrogens (tertiary/aromatic N) is 2. The van der Waals surface area contributed by atoms with Crippen molar-refractivity contribution in [2.45, 2.75) is 39.3 Å². The summed E-state index contributed by atoms with van der Waals surface area (Å²) < 4.78 is 38.0. The summed E-state index contributed by atoms with van der Waals surface area (Å²) in [6.45, 7) is 3.58. The summed E-state index contributed by atoms with van der Waals surface area (Å²) in [5.41, 5.74) is 3.87. The SMILES string of the molecule is C/C(CCc1cccc(C(F)(F)F)c1)=N\NC(=O)Cc1nc(C)cs1. The number of carbonyl (C=O) groups excluding carboxylic acids is 1. The van der Waals surface area contributed by atoms with Crippen molar-refractivity contribution in [1.29, 1.82) is 0 Å². The molecule has 1 aromatic carbocycles. The quantitative estimate of drug-likeness (QED) is 0.615. The summed E-state index contributed by atoms with van der Waals surface area (Å²) in [7, 11) is 0. The molecule has 0 unspecified atom stereocenters. The molecule has 0 saturated heterocycles. The number of aromatic nitrogens is 1. The molecule has 4 nitrogen and oxygen atoms in total. The van der Waals surface area contributed by atoms with E-state index in [1.807, 2.05) is 12.3 Å². The standard InChI is InChI=1S/C17H18F3N3OS/c1-11(22-23-15(24)9-16-21-12(2)10-25-16)6-7-13-4-3-5-14(8-13)17(18,19)20/h3-5,8,10H,6-7,9H2,1-2H3,(H,23,24)/b22-11+. The third-order valence-corrected chi connectivity index (χ3v) is 4.35. The number of carbonyl (C=O) groups is 1. The third-order valence-electron chi connectivity index (χ3n) is 3.38. The average Bonchev–Trinajstić information content (AvgIpc) is 2.95. The number of benzene rings is 1. The van der Waals surface area contributed by atoms with E-state index in [4.69, 9.17) is 0 Å². The molecule has 2 aromatic rings. The molecule has 134 valence electrons. The van der Waals surface area contributed by atoms with Gasteiger partial charge in [-0.2, -0.15) is 18.3 Å². The number of hydrogen-bond acceptors (Lipinski definition) is 4. The zero-order valence-corrected chi connectivity index (χ0v) is 14.7. The van der Waals surface area contributed by atoms with Gasteiger partial charge in [0.1, 0.15) is 5.01 Å². The Morgan fingerprint density at radius 2 is 2.12 bits per heavy atom. The molecule has 1 heterocycles. The van der Waals surface area contributed by atoms with Gasteiger partial charge in [-0.15, -0.1) is 11.3 Å². The van der Waals surface area contributed by atoms with Crippen LogP contribution in [-0.4, -0.2) is 16.6 Å². The van der Waals surface area contributed by atoms with E-state index in [-0.39, 0.29) is 12.3 Å². The molecule has 0 saturated carbocycles. The number of alkyl halides is 3. The summed E-state index contributed by atoms with van der Waals surface area (Å²) in [6.07, 6.45) is -3.32. The van der Waals surface area contributed by atoms with Gasteiger partial charge in [0, 0.05) is 16.8 Å². The highest BCUT2D eigenvalue weighted by Gasteiger charge is 2.30. The number of hydrogen-bond donors (Lipinski definition) is 1. The Balaban J connectivity index is 1.84. The molecule has 0 fully saturated rings. The fourth-order valence-electron chi connectivity index (χ4n) is 2.10. The number of halogens is 3. The highest BCUT2D eigenvalue weighted by molar-refractivity contribution is 7.09. The first-order chi connectivity index (χ1) is 11.7. The average molecular weight is 369 g/mol. The highest BCUT2D eigenvalue weighted by atomic mass is 32.1. The minimum atomic E-state index is -4.35. The van der Waals surface area contributed by atoms with Gasteiger partial charge in [0.15, 0.2) is 0 Å². The fourth-order valence-corrected chi connectivity index (χ4v) is 2.87.